The number of rotatable bonds is 6. The van der Waals surface area contributed by atoms with Crippen LogP contribution >= 0.6 is 0 Å². The van der Waals surface area contributed by atoms with E-state index in [1.54, 1.807) is 12.5 Å². The monoisotopic (exact) mass is 453 g/mol. The molecule has 1 aliphatic heterocycles. The number of aryl methyl sites for hydroxylation is 1. The van der Waals surface area contributed by atoms with Crippen LogP contribution in [0.25, 0.3) is 11.3 Å². The Hall–Kier alpha value is -4.53. The Morgan fingerprint density at radius 2 is 2.00 bits per heavy atom. The lowest BCUT2D eigenvalue weighted by Gasteiger charge is -2.22. The van der Waals surface area contributed by atoms with Gasteiger partial charge in [-0.3, -0.25) is 9.98 Å². The van der Waals surface area contributed by atoms with Crippen LogP contribution in [-0.4, -0.2) is 45.7 Å². The van der Waals surface area contributed by atoms with Crippen molar-refractivity contribution >= 4 is 41.0 Å². The molecule has 0 radical (unpaired) electrons. The Morgan fingerprint density at radius 1 is 1.12 bits per heavy atom. The van der Waals surface area contributed by atoms with Crippen molar-refractivity contribution in [2.75, 3.05) is 18.6 Å². The molecule has 5 heterocycles. The van der Waals surface area contributed by atoms with Crippen molar-refractivity contribution in [2.45, 2.75) is 5.92 Å². The SMILES string of the molecule is C[N+]1=CC(c2cccc(N(CN=Cc3coc4ocnc34)c3ccccc3)n2)c2[nH]c[n+](C)c21. The largest absolute Gasteiger partial charge is 0.465 e. The summed E-state index contributed by atoms with van der Waals surface area (Å²) in [6.07, 6.45) is 8.86. The predicted molar refractivity (Wildman–Crippen MR) is 127 cm³/mol. The highest BCUT2D eigenvalue weighted by molar-refractivity contribution is 5.93. The van der Waals surface area contributed by atoms with Crippen LogP contribution in [0.15, 0.2) is 81.3 Å². The average Bonchev–Trinajstić information content (AvgIpc) is 3.63. The number of benzene rings is 1. The van der Waals surface area contributed by atoms with Gasteiger partial charge in [0.15, 0.2) is 23.8 Å². The molecule has 1 aromatic carbocycles. The normalized spacial score (nSPS) is 15.2. The number of aliphatic imine (C=N–C) groups is 1. The minimum Gasteiger partial charge on any atom is -0.432 e. The molecule has 1 aliphatic rings. The molecule has 4 aromatic heterocycles. The number of pyridine rings is 1. The molecule has 9 heteroatoms. The number of furan rings is 1. The standard InChI is InChI=1S/C25H22N7O2/c1-30-12-19(23-24(30)31(2)15-27-23)20-9-6-10-21(29-20)32(18-7-4-3-5-8-18)14-26-11-17-13-33-25-22(17)28-16-34-25/h3-13,15-16,19H,14H2,1-2H3/q+1/p+1. The molecule has 1 unspecified atom stereocenters. The van der Waals surface area contributed by atoms with E-state index in [0.717, 1.165) is 34.3 Å². The third kappa shape index (κ3) is 3.38. The van der Waals surface area contributed by atoms with Crippen LogP contribution in [0, 0.1) is 0 Å². The molecule has 0 saturated heterocycles. The molecule has 168 valence electrons. The molecule has 0 spiro atoms. The zero-order valence-corrected chi connectivity index (χ0v) is 18.8. The van der Waals surface area contributed by atoms with Gasteiger partial charge in [-0.15, -0.1) is 9.14 Å². The maximum Gasteiger partial charge on any atom is 0.465 e. The summed E-state index contributed by atoms with van der Waals surface area (Å²) in [4.78, 5) is 19.4. The van der Waals surface area contributed by atoms with Gasteiger partial charge in [-0.05, 0) is 24.3 Å². The number of aromatic nitrogens is 4. The van der Waals surface area contributed by atoms with E-state index in [9.17, 15) is 0 Å². The summed E-state index contributed by atoms with van der Waals surface area (Å²) in [7, 11) is 4.09. The van der Waals surface area contributed by atoms with Crippen molar-refractivity contribution in [1.82, 2.24) is 15.0 Å². The number of para-hydroxylation sites is 1. The van der Waals surface area contributed by atoms with Crippen LogP contribution in [0.1, 0.15) is 22.9 Å². The van der Waals surface area contributed by atoms with E-state index in [4.69, 9.17) is 13.8 Å². The molecule has 0 amide bonds. The fraction of sp³-hybridized carbons (Fsp3) is 0.160. The molecule has 0 aliphatic carbocycles. The number of hydrogen-bond donors (Lipinski definition) is 1. The highest BCUT2D eigenvalue weighted by Gasteiger charge is 2.40. The lowest BCUT2D eigenvalue weighted by atomic mass is 10.0. The number of H-pyrrole nitrogens is 1. The van der Waals surface area contributed by atoms with Crippen molar-refractivity contribution in [1.29, 1.82) is 0 Å². The predicted octanol–water partition coefficient (Wildman–Crippen LogP) is 3.67. The van der Waals surface area contributed by atoms with E-state index in [-0.39, 0.29) is 5.92 Å². The van der Waals surface area contributed by atoms with Crippen LogP contribution in [0.4, 0.5) is 17.3 Å². The molecule has 1 N–H and O–H groups in total. The summed E-state index contributed by atoms with van der Waals surface area (Å²) in [5.74, 6) is 2.40. The zero-order valence-electron chi connectivity index (χ0n) is 18.8. The highest BCUT2D eigenvalue weighted by atomic mass is 16.5. The van der Waals surface area contributed by atoms with Crippen LogP contribution in [-0.2, 0) is 7.05 Å². The Morgan fingerprint density at radius 3 is 2.88 bits per heavy atom. The molecule has 5 aromatic rings. The first-order valence-corrected chi connectivity index (χ1v) is 10.9. The summed E-state index contributed by atoms with van der Waals surface area (Å²) < 4.78 is 14.8. The van der Waals surface area contributed by atoms with Gasteiger partial charge in [0, 0.05) is 11.9 Å². The number of nitrogens with zero attached hydrogens (tertiary/aromatic N) is 6. The summed E-state index contributed by atoms with van der Waals surface area (Å²) in [6.45, 7) is 0.377. The summed E-state index contributed by atoms with van der Waals surface area (Å²) in [5, 5.41) is 0. The third-order valence-electron chi connectivity index (χ3n) is 5.98. The van der Waals surface area contributed by atoms with Crippen molar-refractivity contribution < 1.29 is 18.0 Å². The number of imidazole rings is 1. The molecule has 0 fully saturated rings. The van der Waals surface area contributed by atoms with Gasteiger partial charge in [-0.1, -0.05) is 24.3 Å². The van der Waals surface area contributed by atoms with Gasteiger partial charge < -0.3 is 13.7 Å². The topological polar surface area (TPSA) is 90.3 Å². The number of anilines is 2. The zero-order chi connectivity index (χ0) is 23.1. The minimum absolute atomic E-state index is 0.0497. The lowest BCUT2D eigenvalue weighted by Crippen LogP contribution is -2.28. The van der Waals surface area contributed by atoms with Crippen molar-refractivity contribution in [3.05, 3.63) is 84.5 Å². The third-order valence-corrected chi connectivity index (χ3v) is 5.98. The second-order valence-electron chi connectivity index (χ2n) is 8.18. The van der Waals surface area contributed by atoms with Crippen molar-refractivity contribution in [3.8, 4) is 0 Å². The molecule has 0 saturated carbocycles. The summed E-state index contributed by atoms with van der Waals surface area (Å²) in [5.41, 5.74) is 4.54. The Balaban J connectivity index is 1.34. The Bertz CT molecular complexity index is 1530. The van der Waals surface area contributed by atoms with Gasteiger partial charge in [0.25, 0.3) is 0 Å². The second-order valence-corrected chi connectivity index (χ2v) is 8.18. The van der Waals surface area contributed by atoms with E-state index >= 15 is 0 Å². The number of aromatic amines is 1. The smallest absolute Gasteiger partial charge is 0.432 e. The van der Waals surface area contributed by atoms with E-state index in [0.29, 0.717) is 18.0 Å². The molecule has 9 nitrogen and oxygen atoms in total. The van der Waals surface area contributed by atoms with E-state index < -0.39 is 0 Å². The molecular formula is C25H23N7O2+2. The molecule has 34 heavy (non-hydrogen) atoms. The number of oxazole rings is 1. The second kappa shape index (κ2) is 8.11. The van der Waals surface area contributed by atoms with Gasteiger partial charge >= 0.3 is 11.6 Å². The maximum absolute atomic E-state index is 5.37. The number of fused-ring (bicyclic) bond motifs is 2. The fourth-order valence-electron chi connectivity index (χ4n) is 4.40. The summed E-state index contributed by atoms with van der Waals surface area (Å²) in [6, 6.07) is 16.2. The van der Waals surface area contributed by atoms with Crippen LogP contribution in [0.5, 0.6) is 0 Å². The quantitative estimate of drug-likeness (QED) is 0.313. The number of hydrogen-bond acceptors (Lipinski definition) is 6. The molecule has 1 atom stereocenters. The molecular weight excluding hydrogens is 430 g/mol. The first kappa shape index (κ1) is 20.1. The first-order valence-electron chi connectivity index (χ1n) is 10.9. The Labute approximate surface area is 195 Å². The van der Waals surface area contributed by atoms with E-state index in [1.165, 1.54) is 6.39 Å². The average molecular weight is 454 g/mol. The van der Waals surface area contributed by atoms with E-state index in [2.05, 4.69) is 60.5 Å². The highest BCUT2D eigenvalue weighted by Crippen LogP contribution is 2.32. The lowest BCUT2D eigenvalue weighted by molar-refractivity contribution is -0.714. The first-order chi connectivity index (χ1) is 16.7. The fourth-order valence-corrected chi connectivity index (χ4v) is 4.40. The summed E-state index contributed by atoms with van der Waals surface area (Å²) >= 11 is 0. The van der Waals surface area contributed by atoms with Gasteiger partial charge in [-0.2, -0.15) is 0 Å². The van der Waals surface area contributed by atoms with E-state index in [1.807, 2.05) is 43.7 Å². The van der Waals surface area contributed by atoms with Crippen molar-refractivity contribution in [3.63, 3.8) is 0 Å². The van der Waals surface area contributed by atoms with Gasteiger partial charge in [0.2, 0.25) is 6.33 Å². The maximum atomic E-state index is 5.37. The minimum atomic E-state index is 0.0497. The van der Waals surface area contributed by atoms with Gasteiger partial charge in [-0.25, -0.2) is 9.97 Å². The van der Waals surface area contributed by atoms with Crippen LogP contribution < -0.4 is 9.47 Å². The van der Waals surface area contributed by atoms with Gasteiger partial charge in [0.1, 0.15) is 38.8 Å². The molecule has 6 rings (SSSR count). The van der Waals surface area contributed by atoms with Crippen molar-refractivity contribution in [2.24, 2.45) is 12.0 Å². The molecule has 0 bridgehead atoms. The van der Waals surface area contributed by atoms with Crippen LogP contribution in [0.2, 0.25) is 0 Å². The Kier molecular flexibility index (Phi) is 4.80. The van der Waals surface area contributed by atoms with Gasteiger partial charge in [0.05, 0.1) is 11.3 Å². The number of nitrogens with one attached hydrogen (secondary N) is 1. The van der Waals surface area contributed by atoms with Crippen LogP contribution in [0.3, 0.4) is 0 Å².